The summed E-state index contributed by atoms with van der Waals surface area (Å²) in [7, 11) is 1.59. The monoisotopic (exact) mass is 430 g/mol. The highest BCUT2D eigenvalue weighted by Gasteiger charge is 2.16. The van der Waals surface area contributed by atoms with Crippen molar-refractivity contribution in [2.75, 3.05) is 17.7 Å². The maximum absolute atomic E-state index is 12.5. The first-order chi connectivity index (χ1) is 13.9. The topological polar surface area (TPSA) is 92.4 Å². The fraction of sp³-hybridized carbons (Fsp3) is 0.150. The molecule has 3 rings (SSSR count). The number of ether oxygens (including phenoxy) is 1. The van der Waals surface area contributed by atoms with Crippen molar-refractivity contribution in [2.45, 2.75) is 13.5 Å². The number of benzene rings is 2. The number of halogens is 1. The van der Waals surface area contributed by atoms with E-state index in [4.69, 9.17) is 16.3 Å². The van der Waals surface area contributed by atoms with Crippen LogP contribution < -0.4 is 20.7 Å². The molecule has 0 aliphatic heterocycles. The molecule has 0 aliphatic rings. The quantitative estimate of drug-likeness (QED) is 0.529. The fourth-order valence-corrected chi connectivity index (χ4v) is 3.60. The molecule has 1 aromatic heterocycles. The van der Waals surface area contributed by atoms with Gasteiger partial charge in [0.05, 0.1) is 12.8 Å². The van der Waals surface area contributed by atoms with Crippen molar-refractivity contribution in [3.8, 4) is 5.75 Å². The number of carbonyl (C=O) groups excluding carboxylic acids is 2. The molecule has 0 aliphatic carbocycles. The van der Waals surface area contributed by atoms with Crippen LogP contribution in [0.5, 0.6) is 5.75 Å². The molecular weight excluding hydrogens is 412 g/mol. The number of nitrogens with zero attached hydrogens (tertiary/aromatic N) is 1. The summed E-state index contributed by atoms with van der Waals surface area (Å²) < 4.78 is 5.18. The molecule has 3 N–H and O–H groups in total. The maximum Gasteiger partial charge on any atom is 0.325 e. The van der Waals surface area contributed by atoms with Crippen LogP contribution in [0.1, 0.15) is 20.9 Å². The van der Waals surface area contributed by atoms with Gasteiger partial charge in [0.2, 0.25) is 0 Å². The molecule has 7 nitrogen and oxygen atoms in total. The Hall–Kier alpha value is -3.10. The Labute approximate surface area is 177 Å². The lowest BCUT2D eigenvalue weighted by Gasteiger charge is -2.06. The number of hydrogen-bond acceptors (Lipinski definition) is 5. The van der Waals surface area contributed by atoms with Crippen LogP contribution in [0.25, 0.3) is 0 Å². The van der Waals surface area contributed by atoms with Crippen molar-refractivity contribution < 1.29 is 14.3 Å². The number of carbonyl (C=O) groups is 2. The van der Waals surface area contributed by atoms with E-state index in [0.29, 0.717) is 33.0 Å². The third-order valence-corrected chi connectivity index (χ3v) is 5.20. The Kier molecular flexibility index (Phi) is 6.69. The predicted molar refractivity (Wildman–Crippen MR) is 115 cm³/mol. The van der Waals surface area contributed by atoms with Crippen LogP contribution in [0.2, 0.25) is 5.02 Å². The number of anilines is 2. The van der Waals surface area contributed by atoms with Gasteiger partial charge in [0, 0.05) is 17.3 Å². The van der Waals surface area contributed by atoms with E-state index in [2.05, 4.69) is 20.9 Å². The number of methoxy groups -OCH3 is 1. The minimum absolute atomic E-state index is 0.258. The first-order valence-electron chi connectivity index (χ1n) is 8.66. The smallest absolute Gasteiger partial charge is 0.325 e. The van der Waals surface area contributed by atoms with E-state index in [1.54, 1.807) is 38.3 Å². The second-order valence-electron chi connectivity index (χ2n) is 6.06. The van der Waals surface area contributed by atoms with Crippen LogP contribution in [0.15, 0.2) is 48.5 Å². The van der Waals surface area contributed by atoms with Crippen molar-refractivity contribution in [2.24, 2.45) is 0 Å². The fourth-order valence-electron chi connectivity index (χ4n) is 2.53. The zero-order valence-corrected chi connectivity index (χ0v) is 17.4. The number of urea groups is 1. The van der Waals surface area contributed by atoms with Crippen LogP contribution in [-0.4, -0.2) is 24.0 Å². The summed E-state index contributed by atoms with van der Waals surface area (Å²) in [5.74, 6) is 0.467. The van der Waals surface area contributed by atoms with E-state index in [1.165, 1.54) is 0 Å². The minimum Gasteiger partial charge on any atom is -0.497 e. The third kappa shape index (κ3) is 5.69. The van der Waals surface area contributed by atoms with E-state index in [1.807, 2.05) is 24.3 Å². The zero-order valence-electron chi connectivity index (χ0n) is 15.8. The zero-order chi connectivity index (χ0) is 20.8. The van der Waals surface area contributed by atoms with Crippen LogP contribution in [0.3, 0.4) is 0 Å². The Bertz CT molecular complexity index is 1040. The van der Waals surface area contributed by atoms with E-state index in [0.717, 1.165) is 22.6 Å². The van der Waals surface area contributed by atoms with Gasteiger partial charge in [-0.2, -0.15) is 0 Å². The lowest BCUT2D eigenvalue weighted by atomic mass is 10.2. The molecule has 0 saturated carbocycles. The van der Waals surface area contributed by atoms with Crippen LogP contribution in [-0.2, 0) is 6.54 Å². The van der Waals surface area contributed by atoms with Crippen LogP contribution in [0, 0.1) is 6.92 Å². The molecular formula is C20H19ClN4O3S. The number of aryl methyl sites for hydroxylation is 1. The highest BCUT2D eigenvalue weighted by Crippen LogP contribution is 2.23. The molecule has 0 spiro atoms. The summed E-state index contributed by atoms with van der Waals surface area (Å²) >= 11 is 7.01. The van der Waals surface area contributed by atoms with Crippen molar-refractivity contribution in [3.05, 3.63) is 69.7 Å². The number of nitrogens with one attached hydrogen (secondary N) is 3. The lowest BCUT2D eigenvalue weighted by molar-refractivity contribution is 0.0954. The summed E-state index contributed by atoms with van der Waals surface area (Å²) in [5, 5.41) is 9.00. The normalized spacial score (nSPS) is 10.3. The number of hydrogen-bond donors (Lipinski definition) is 3. The largest absolute Gasteiger partial charge is 0.497 e. The predicted octanol–water partition coefficient (Wildman–Crippen LogP) is 4.69. The van der Waals surface area contributed by atoms with Gasteiger partial charge in [-0.25, -0.2) is 9.78 Å². The number of amides is 3. The average molecular weight is 431 g/mol. The van der Waals surface area contributed by atoms with Crippen molar-refractivity contribution in [1.82, 2.24) is 10.3 Å². The van der Waals surface area contributed by atoms with Gasteiger partial charge in [-0.05, 0) is 42.8 Å². The molecule has 0 radical (unpaired) electrons. The second-order valence-corrected chi connectivity index (χ2v) is 7.49. The van der Waals surface area contributed by atoms with E-state index in [9.17, 15) is 9.59 Å². The molecule has 9 heteroatoms. The molecule has 0 fully saturated rings. The molecule has 3 aromatic rings. The van der Waals surface area contributed by atoms with Gasteiger partial charge < -0.3 is 15.4 Å². The molecule has 2 aromatic carbocycles. The summed E-state index contributed by atoms with van der Waals surface area (Å²) in [5.41, 5.74) is 2.01. The molecule has 0 atom stereocenters. The lowest BCUT2D eigenvalue weighted by Crippen LogP contribution is -2.22. The Morgan fingerprint density at radius 3 is 2.69 bits per heavy atom. The second kappa shape index (κ2) is 9.40. The summed E-state index contributed by atoms with van der Waals surface area (Å²) in [6.45, 7) is 2.07. The van der Waals surface area contributed by atoms with Crippen molar-refractivity contribution in [3.63, 3.8) is 0 Å². The molecule has 3 amide bonds. The van der Waals surface area contributed by atoms with Crippen LogP contribution >= 0.6 is 22.9 Å². The van der Waals surface area contributed by atoms with Gasteiger partial charge in [0.15, 0.2) is 5.13 Å². The first-order valence-corrected chi connectivity index (χ1v) is 9.86. The Morgan fingerprint density at radius 1 is 1.14 bits per heavy atom. The molecule has 0 bridgehead atoms. The number of thiazole rings is 1. The first kappa shape index (κ1) is 20.6. The van der Waals surface area contributed by atoms with Gasteiger partial charge in [0.25, 0.3) is 5.91 Å². The summed E-state index contributed by atoms with van der Waals surface area (Å²) in [6, 6.07) is 13.8. The molecule has 29 heavy (non-hydrogen) atoms. The number of aromatic nitrogens is 1. The van der Waals surface area contributed by atoms with Crippen molar-refractivity contribution >= 4 is 45.7 Å². The van der Waals surface area contributed by atoms with Gasteiger partial charge in [-0.15, -0.1) is 0 Å². The van der Waals surface area contributed by atoms with E-state index in [-0.39, 0.29) is 5.91 Å². The van der Waals surface area contributed by atoms with E-state index < -0.39 is 6.03 Å². The van der Waals surface area contributed by atoms with Gasteiger partial charge in [-0.1, -0.05) is 41.1 Å². The third-order valence-electron chi connectivity index (χ3n) is 3.89. The number of rotatable bonds is 6. The summed E-state index contributed by atoms with van der Waals surface area (Å²) in [6.07, 6.45) is 0. The average Bonchev–Trinajstić information content (AvgIpc) is 3.06. The molecule has 0 unspecified atom stereocenters. The maximum atomic E-state index is 12.5. The molecule has 0 saturated heterocycles. The van der Waals surface area contributed by atoms with Gasteiger partial charge >= 0.3 is 6.03 Å². The van der Waals surface area contributed by atoms with Gasteiger partial charge in [0.1, 0.15) is 10.6 Å². The Balaban J connectivity index is 1.60. The van der Waals surface area contributed by atoms with Crippen molar-refractivity contribution in [1.29, 1.82) is 0 Å². The highest BCUT2D eigenvalue weighted by atomic mass is 35.5. The Morgan fingerprint density at radius 2 is 1.93 bits per heavy atom. The minimum atomic E-state index is -0.468. The van der Waals surface area contributed by atoms with Crippen LogP contribution in [0.4, 0.5) is 15.6 Å². The van der Waals surface area contributed by atoms with Gasteiger partial charge in [-0.3, -0.25) is 10.1 Å². The molecule has 150 valence electrons. The SMILES string of the molecule is COc1cccc(CNC(=O)c2sc(NC(=O)Nc3cccc(Cl)c3)nc2C)c1. The summed E-state index contributed by atoms with van der Waals surface area (Å²) in [4.78, 5) is 29.3. The van der Waals surface area contributed by atoms with E-state index >= 15 is 0 Å². The molecule has 1 heterocycles. The highest BCUT2D eigenvalue weighted by molar-refractivity contribution is 7.17. The standard InChI is InChI=1S/C20H19ClN4O3S/c1-12-17(18(26)22-11-13-5-3-8-16(9-13)28-2)29-20(23-12)25-19(27)24-15-7-4-6-14(21)10-15/h3-10H,11H2,1-2H3,(H,22,26)(H2,23,24,25,27).